The van der Waals surface area contributed by atoms with Crippen LogP contribution in [0.1, 0.15) is 18.1 Å². The van der Waals surface area contributed by atoms with Gasteiger partial charge in [-0.1, -0.05) is 0 Å². The third-order valence-corrected chi connectivity index (χ3v) is 3.34. The molecule has 104 valence electrons. The Morgan fingerprint density at radius 3 is 2.84 bits per heavy atom. The van der Waals surface area contributed by atoms with Gasteiger partial charge in [0.05, 0.1) is 13.0 Å². The van der Waals surface area contributed by atoms with Crippen molar-refractivity contribution in [3.05, 3.63) is 11.6 Å². The van der Waals surface area contributed by atoms with E-state index in [9.17, 15) is 9.59 Å². The highest BCUT2D eigenvalue weighted by Gasteiger charge is 2.32. The number of carbonyl (C=O) groups excluding carboxylic acids is 1. The van der Waals surface area contributed by atoms with Gasteiger partial charge < -0.3 is 15.0 Å². The van der Waals surface area contributed by atoms with E-state index >= 15 is 0 Å². The van der Waals surface area contributed by atoms with Gasteiger partial charge >= 0.3 is 5.97 Å². The first-order valence-corrected chi connectivity index (χ1v) is 6.07. The van der Waals surface area contributed by atoms with Crippen LogP contribution < -0.4 is 5.32 Å². The lowest BCUT2D eigenvalue weighted by atomic mass is 10.1. The van der Waals surface area contributed by atoms with Gasteiger partial charge in [-0.25, -0.2) is 0 Å². The third kappa shape index (κ3) is 2.90. The van der Waals surface area contributed by atoms with Crippen molar-refractivity contribution in [2.24, 2.45) is 7.05 Å². The fourth-order valence-corrected chi connectivity index (χ4v) is 2.11. The Hall–Kier alpha value is -1.96. The van der Waals surface area contributed by atoms with Gasteiger partial charge in [-0.2, -0.15) is 0 Å². The van der Waals surface area contributed by atoms with Gasteiger partial charge in [0.2, 0.25) is 5.91 Å². The quantitative estimate of drug-likeness (QED) is 0.718. The van der Waals surface area contributed by atoms with Gasteiger partial charge in [-0.3, -0.25) is 14.5 Å². The number of aromatic nitrogens is 3. The zero-order valence-electron chi connectivity index (χ0n) is 11.0. The summed E-state index contributed by atoms with van der Waals surface area (Å²) >= 11 is 0. The average molecular weight is 267 g/mol. The van der Waals surface area contributed by atoms with E-state index in [1.807, 2.05) is 23.4 Å². The second-order valence-electron chi connectivity index (χ2n) is 4.60. The van der Waals surface area contributed by atoms with E-state index in [-0.39, 0.29) is 12.3 Å². The number of aliphatic carboxylic acids is 1. The molecule has 2 N–H and O–H groups in total. The normalized spacial score (nSPS) is 20.3. The van der Waals surface area contributed by atoms with Crippen LogP contribution in [0.4, 0.5) is 0 Å². The monoisotopic (exact) mass is 267 g/mol. The Kier molecular flexibility index (Phi) is 3.79. The van der Waals surface area contributed by atoms with Crippen LogP contribution in [-0.4, -0.2) is 55.8 Å². The van der Waals surface area contributed by atoms with Gasteiger partial charge in [0.1, 0.15) is 17.7 Å². The average Bonchev–Trinajstić information content (AvgIpc) is 2.65. The summed E-state index contributed by atoms with van der Waals surface area (Å²) in [6.07, 6.45) is -0.206. The molecule has 1 unspecified atom stereocenters. The molecule has 1 fully saturated rings. The van der Waals surface area contributed by atoms with Crippen molar-refractivity contribution in [1.29, 1.82) is 0 Å². The maximum Gasteiger partial charge on any atom is 0.305 e. The molecule has 1 aliphatic heterocycles. The van der Waals surface area contributed by atoms with E-state index in [4.69, 9.17) is 5.11 Å². The molecule has 0 saturated carbocycles. The molecule has 1 aromatic heterocycles. The van der Waals surface area contributed by atoms with E-state index in [1.54, 1.807) is 0 Å². The van der Waals surface area contributed by atoms with Gasteiger partial charge in [-0.15, -0.1) is 10.2 Å². The van der Waals surface area contributed by atoms with Crippen molar-refractivity contribution in [1.82, 2.24) is 25.0 Å². The minimum Gasteiger partial charge on any atom is -0.481 e. The highest BCUT2D eigenvalue weighted by Crippen LogP contribution is 2.13. The largest absolute Gasteiger partial charge is 0.481 e. The summed E-state index contributed by atoms with van der Waals surface area (Å²) in [5, 5.41) is 19.6. The Labute approximate surface area is 110 Å². The number of rotatable bonds is 4. The van der Waals surface area contributed by atoms with Gasteiger partial charge in [0, 0.05) is 20.1 Å². The summed E-state index contributed by atoms with van der Waals surface area (Å²) in [6, 6.07) is -0.650. The van der Waals surface area contributed by atoms with Crippen LogP contribution >= 0.6 is 0 Å². The number of carboxylic acid groups (broad SMARTS) is 1. The second kappa shape index (κ2) is 5.35. The Morgan fingerprint density at radius 2 is 2.26 bits per heavy atom. The van der Waals surface area contributed by atoms with Crippen molar-refractivity contribution >= 4 is 11.9 Å². The van der Waals surface area contributed by atoms with E-state index in [0.717, 1.165) is 11.6 Å². The Morgan fingerprint density at radius 1 is 1.53 bits per heavy atom. The minimum absolute atomic E-state index is 0.206. The highest BCUT2D eigenvalue weighted by molar-refractivity contribution is 5.86. The number of carboxylic acids is 1. The first-order valence-electron chi connectivity index (χ1n) is 6.07. The summed E-state index contributed by atoms with van der Waals surface area (Å²) < 4.78 is 1.84. The van der Waals surface area contributed by atoms with Crippen LogP contribution in [0.15, 0.2) is 0 Å². The molecule has 2 rings (SSSR count). The molecule has 2 heterocycles. The molecule has 8 nitrogen and oxygen atoms in total. The number of aryl methyl sites for hydroxylation is 1. The lowest BCUT2D eigenvalue weighted by Gasteiger charge is -2.33. The van der Waals surface area contributed by atoms with Crippen molar-refractivity contribution in [3.63, 3.8) is 0 Å². The number of piperazine rings is 1. The first kappa shape index (κ1) is 13.5. The molecule has 0 radical (unpaired) electrons. The van der Waals surface area contributed by atoms with Crippen LogP contribution in [-0.2, 0) is 23.2 Å². The smallest absolute Gasteiger partial charge is 0.305 e. The lowest BCUT2D eigenvalue weighted by molar-refractivity contribution is -0.143. The Bertz CT molecular complexity index is 499. The topological polar surface area (TPSA) is 100 Å². The van der Waals surface area contributed by atoms with Crippen molar-refractivity contribution in [2.45, 2.75) is 25.9 Å². The van der Waals surface area contributed by atoms with Crippen LogP contribution in [0.25, 0.3) is 0 Å². The van der Waals surface area contributed by atoms with Crippen LogP contribution in [0.2, 0.25) is 0 Å². The summed E-state index contributed by atoms with van der Waals surface area (Å²) in [4.78, 5) is 24.4. The molecule has 1 saturated heterocycles. The minimum atomic E-state index is -0.985. The van der Waals surface area contributed by atoms with Gasteiger partial charge in [0.15, 0.2) is 0 Å². The molecule has 8 heteroatoms. The predicted octanol–water partition coefficient (Wildman–Crippen LogP) is -1.10. The number of nitrogens with zero attached hydrogens (tertiary/aromatic N) is 4. The molecular weight excluding hydrogens is 250 g/mol. The summed E-state index contributed by atoms with van der Waals surface area (Å²) in [6.45, 7) is 3.39. The van der Waals surface area contributed by atoms with Crippen molar-refractivity contribution in [3.8, 4) is 0 Å². The first-order chi connectivity index (χ1) is 8.99. The SMILES string of the molecule is Cc1nnc(CN2CCNC(=O)C2CC(=O)O)n1C. The number of nitrogens with one attached hydrogen (secondary N) is 1. The zero-order valence-corrected chi connectivity index (χ0v) is 11.0. The predicted molar refractivity (Wildman–Crippen MR) is 65.2 cm³/mol. The number of hydrogen-bond acceptors (Lipinski definition) is 5. The zero-order chi connectivity index (χ0) is 14.0. The summed E-state index contributed by atoms with van der Waals surface area (Å²) in [7, 11) is 1.85. The molecular formula is C11H17N5O3. The third-order valence-electron chi connectivity index (χ3n) is 3.34. The van der Waals surface area contributed by atoms with Crippen molar-refractivity contribution < 1.29 is 14.7 Å². The van der Waals surface area contributed by atoms with Crippen molar-refractivity contribution in [2.75, 3.05) is 13.1 Å². The molecule has 0 spiro atoms. The lowest BCUT2D eigenvalue weighted by Crippen LogP contribution is -2.55. The van der Waals surface area contributed by atoms with Gasteiger partial charge in [0.25, 0.3) is 0 Å². The number of carbonyl (C=O) groups is 2. The molecule has 1 aliphatic rings. The molecule has 0 bridgehead atoms. The van der Waals surface area contributed by atoms with E-state index in [0.29, 0.717) is 19.6 Å². The fraction of sp³-hybridized carbons (Fsp3) is 0.636. The number of amides is 1. The molecule has 1 amide bonds. The summed E-state index contributed by atoms with van der Waals surface area (Å²) in [5.74, 6) is 0.280. The van der Waals surface area contributed by atoms with E-state index < -0.39 is 12.0 Å². The van der Waals surface area contributed by atoms with E-state index in [1.165, 1.54) is 0 Å². The van der Waals surface area contributed by atoms with Crippen LogP contribution in [0.5, 0.6) is 0 Å². The molecule has 0 aliphatic carbocycles. The van der Waals surface area contributed by atoms with Gasteiger partial charge in [-0.05, 0) is 6.92 Å². The van der Waals surface area contributed by atoms with Crippen LogP contribution in [0.3, 0.4) is 0 Å². The second-order valence-corrected chi connectivity index (χ2v) is 4.60. The Balaban J connectivity index is 2.13. The highest BCUT2D eigenvalue weighted by atomic mass is 16.4. The van der Waals surface area contributed by atoms with E-state index in [2.05, 4.69) is 15.5 Å². The number of hydrogen-bond donors (Lipinski definition) is 2. The maximum absolute atomic E-state index is 11.8. The molecule has 0 aromatic carbocycles. The molecule has 1 aromatic rings. The van der Waals surface area contributed by atoms with Crippen LogP contribution in [0, 0.1) is 6.92 Å². The fourth-order valence-electron chi connectivity index (χ4n) is 2.11. The standard InChI is InChI=1S/C11H17N5O3/c1-7-13-14-9(15(7)2)6-16-4-3-12-11(19)8(16)5-10(17)18/h8H,3-6H2,1-2H3,(H,12,19)(H,17,18). The summed E-state index contributed by atoms with van der Waals surface area (Å²) in [5.41, 5.74) is 0. The molecule has 1 atom stereocenters. The maximum atomic E-state index is 11.8. The molecule has 19 heavy (non-hydrogen) atoms.